The van der Waals surface area contributed by atoms with Crippen molar-refractivity contribution in [1.82, 2.24) is 0 Å². The Kier molecular flexibility index (Phi) is 35.6. The molecule has 0 spiro atoms. The quantitative estimate of drug-likeness (QED) is 0.0504. The van der Waals surface area contributed by atoms with E-state index in [-0.39, 0.29) is 6.10 Å². The maximum absolute atomic E-state index is 6.20. The van der Waals surface area contributed by atoms with Crippen molar-refractivity contribution in [3.05, 3.63) is 0 Å². The molecule has 4 heteroatoms. The Morgan fingerprint density at radius 3 is 1.02 bits per heavy atom. The molecule has 0 bridgehead atoms. The molecule has 0 N–H and O–H groups in total. The Morgan fingerprint density at radius 2 is 0.682 bits per heavy atom. The summed E-state index contributed by atoms with van der Waals surface area (Å²) >= 11 is 0. The van der Waals surface area contributed by atoms with Gasteiger partial charge in [0.15, 0.2) is 0 Å². The fourth-order valence-electron chi connectivity index (χ4n) is 6.15. The molecule has 0 rings (SSSR count). The highest BCUT2D eigenvalue weighted by atomic mass is 16.5. The minimum atomic E-state index is 0.145. The Bertz CT molecular complexity index is 521. The molecule has 0 amide bonds. The molecule has 4 nitrogen and oxygen atoms in total. The minimum Gasteiger partial charge on any atom is -0.379 e. The summed E-state index contributed by atoms with van der Waals surface area (Å²) in [4.78, 5) is 0. The van der Waals surface area contributed by atoms with Gasteiger partial charge in [0.1, 0.15) is 12.6 Å². The number of ether oxygens (including phenoxy) is 3. The van der Waals surface area contributed by atoms with Gasteiger partial charge in [-0.15, -0.1) is 0 Å². The molecular formula is C40H84NO3+. The van der Waals surface area contributed by atoms with Crippen LogP contribution in [0, 0.1) is 0 Å². The molecule has 0 saturated carbocycles. The Morgan fingerprint density at radius 1 is 0.364 bits per heavy atom. The van der Waals surface area contributed by atoms with E-state index in [1.807, 2.05) is 0 Å². The first-order valence-electron chi connectivity index (χ1n) is 20.1. The maximum atomic E-state index is 6.20. The third-order valence-electron chi connectivity index (χ3n) is 8.92. The van der Waals surface area contributed by atoms with Gasteiger partial charge in [-0.3, -0.25) is 0 Å². The van der Waals surface area contributed by atoms with Gasteiger partial charge in [0, 0.05) is 13.2 Å². The van der Waals surface area contributed by atoms with Crippen LogP contribution in [0.2, 0.25) is 0 Å². The van der Waals surface area contributed by atoms with Crippen molar-refractivity contribution in [3.63, 3.8) is 0 Å². The standard InChI is InChI=1S/C40H84NO3/c1-6-8-10-12-14-16-18-20-22-24-26-28-30-32-34-42-36-37-44-40(38-41(3,4)5)39-43-35-33-31-29-27-25-23-21-19-17-15-13-11-9-7-2/h40H,6-39H2,1-5H3/q+1. The van der Waals surface area contributed by atoms with E-state index in [1.165, 1.54) is 180 Å². The number of rotatable bonds is 38. The normalized spacial score (nSPS) is 12.8. The summed E-state index contributed by atoms with van der Waals surface area (Å²) in [7, 11) is 6.70. The fourth-order valence-corrected chi connectivity index (χ4v) is 6.15. The summed E-state index contributed by atoms with van der Waals surface area (Å²) in [6, 6.07) is 0. The second kappa shape index (κ2) is 35.7. The summed E-state index contributed by atoms with van der Waals surface area (Å²) < 4.78 is 19.0. The van der Waals surface area contributed by atoms with E-state index in [1.54, 1.807) is 0 Å². The third-order valence-corrected chi connectivity index (χ3v) is 8.92. The molecule has 44 heavy (non-hydrogen) atoms. The van der Waals surface area contributed by atoms with Gasteiger partial charge in [-0.25, -0.2) is 0 Å². The van der Waals surface area contributed by atoms with Gasteiger partial charge in [0.25, 0.3) is 0 Å². The summed E-state index contributed by atoms with van der Waals surface area (Å²) in [5, 5.41) is 0. The van der Waals surface area contributed by atoms with Gasteiger partial charge >= 0.3 is 0 Å². The van der Waals surface area contributed by atoms with E-state index in [9.17, 15) is 0 Å². The Hall–Kier alpha value is -0.160. The molecule has 0 aromatic heterocycles. The number of hydrogen-bond donors (Lipinski definition) is 0. The van der Waals surface area contributed by atoms with E-state index in [2.05, 4.69) is 35.0 Å². The highest BCUT2D eigenvalue weighted by Crippen LogP contribution is 2.14. The van der Waals surface area contributed by atoms with E-state index < -0.39 is 0 Å². The van der Waals surface area contributed by atoms with Crippen LogP contribution in [0.4, 0.5) is 0 Å². The first kappa shape index (κ1) is 43.8. The number of likely N-dealkylation sites (N-methyl/N-ethyl adjacent to an activating group) is 1. The second-order valence-corrected chi connectivity index (χ2v) is 14.8. The molecule has 0 aliphatic heterocycles. The van der Waals surface area contributed by atoms with Gasteiger partial charge < -0.3 is 18.7 Å². The van der Waals surface area contributed by atoms with Crippen LogP contribution in [-0.4, -0.2) is 71.3 Å². The van der Waals surface area contributed by atoms with Crippen molar-refractivity contribution in [2.24, 2.45) is 0 Å². The molecule has 0 heterocycles. The lowest BCUT2D eigenvalue weighted by atomic mass is 10.0. The van der Waals surface area contributed by atoms with Crippen LogP contribution in [0.15, 0.2) is 0 Å². The largest absolute Gasteiger partial charge is 0.379 e. The summed E-state index contributed by atoms with van der Waals surface area (Å²) in [5.74, 6) is 0. The lowest BCUT2D eigenvalue weighted by molar-refractivity contribution is -0.873. The SMILES string of the molecule is CCCCCCCCCCCCCCCCOCCOC(COCCCCCCCCCCCCCCCC)C[N+](C)(C)C. The predicted molar refractivity (Wildman–Crippen MR) is 195 cm³/mol. The average molecular weight is 627 g/mol. The highest BCUT2D eigenvalue weighted by Gasteiger charge is 2.19. The zero-order valence-corrected chi connectivity index (χ0v) is 31.3. The summed E-state index contributed by atoms with van der Waals surface area (Å²) in [5.41, 5.74) is 0. The van der Waals surface area contributed by atoms with Crippen molar-refractivity contribution in [3.8, 4) is 0 Å². The molecule has 0 radical (unpaired) electrons. The maximum Gasteiger partial charge on any atom is 0.130 e. The van der Waals surface area contributed by atoms with Crippen molar-refractivity contribution >= 4 is 0 Å². The molecule has 0 aliphatic carbocycles. The molecule has 0 saturated heterocycles. The summed E-state index contributed by atoms with van der Waals surface area (Å²) in [6.45, 7) is 9.37. The highest BCUT2D eigenvalue weighted by molar-refractivity contribution is 4.57. The fraction of sp³-hybridized carbons (Fsp3) is 1.00. The van der Waals surface area contributed by atoms with E-state index in [0.717, 1.165) is 24.2 Å². The first-order chi connectivity index (χ1) is 21.5. The number of hydrogen-bond acceptors (Lipinski definition) is 3. The molecule has 0 aromatic carbocycles. The molecular weight excluding hydrogens is 542 g/mol. The van der Waals surface area contributed by atoms with Gasteiger partial charge in [-0.05, 0) is 12.8 Å². The van der Waals surface area contributed by atoms with E-state index in [4.69, 9.17) is 14.2 Å². The minimum absolute atomic E-state index is 0.145. The van der Waals surface area contributed by atoms with Crippen LogP contribution in [0.5, 0.6) is 0 Å². The second-order valence-electron chi connectivity index (χ2n) is 14.8. The monoisotopic (exact) mass is 627 g/mol. The van der Waals surface area contributed by atoms with Gasteiger partial charge in [0.05, 0.1) is 41.0 Å². The van der Waals surface area contributed by atoms with E-state index >= 15 is 0 Å². The predicted octanol–water partition coefficient (Wildman–Crippen LogP) is 12.1. The molecule has 0 fully saturated rings. The topological polar surface area (TPSA) is 27.7 Å². The molecule has 1 unspecified atom stereocenters. The van der Waals surface area contributed by atoms with Crippen LogP contribution in [-0.2, 0) is 14.2 Å². The Labute approximate surface area is 278 Å². The van der Waals surface area contributed by atoms with Crippen LogP contribution in [0.25, 0.3) is 0 Å². The number of unbranched alkanes of at least 4 members (excludes halogenated alkanes) is 26. The van der Waals surface area contributed by atoms with Crippen LogP contribution < -0.4 is 0 Å². The van der Waals surface area contributed by atoms with Crippen molar-refractivity contribution in [1.29, 1.82) is 0 Å². The number of nitrogens with zero attached hydrogens (tertiary/aromatic N) is 1. The zero-order valence-electron chi connectivity index (χ0n) is 31.3. The zero-order chi connectivity index (χ0) is 32.2. The smallest absolute Gasteiger partial charge is 0.130 e. The van der Waals surface area contributed by atoms with Crippen molar-refractivity contribution in [2.45, 2.75) is 200 Å². The van der Waals surface area contributed by atoms with Crippen LogP contribution in [0.1, 0.15) is 194 Å². The molecule has 0 aliphatic rings. The molecule has 1 atom stereocenters. The lowest BCUT2D eigenvalue weighted by Gasteiger charge is -2.29. The average Bonchev–Trinajstić information content (AvgIpc) is 2.99. The van der Waals surface area contributed by atoms with Gasteiger partial charge in [-0.1, -0.05) is 181 Å². The van der Waals surface area contributed by atoms with Crippen molar-refractivity contribution in [2.75, 3.05) is 60.7 Å². The molecule has 266 valence electrons. The van der Waals surface area contributed by atoms with Gasteiger partial charge in [-0.2, -0.15) is 0 Å². The Balaban J connectivity index is 3.55. The third kappa shape index (κ3) is 38.0. The van der Waals surface area contributed by atoms with Crippen molar-refractivity contribution < 1.29 is 18.7 Å². The number of quaternary nitrogens is 1. The summed E-state index contributed by atoms with van der Waals surface area (Å²) in [6.07, 6.45) is 39.2. The molecule has 0 aromatic rings. The van der Waals surface area contributed by atoms with Gasteiger partial charge in [0.2, 0.25) is 0 Å². The van der Waals surface area contributed by atoms with E-state index in [0.29, 0.717) is 19.8 Å². The lowest BCUT2D eigenvalue weighted by Crippen LogP contribution is -2.44. The first-order valence-corrected chi connectivity index (χ1v) is 20.1. The van der Waals surface area contributed by atoms with Crippen LogP contribution in [0.3, 0.4) is 0 Å². The van der Waals surface area contributed by atoms with Crippen LogP contribution >= 0.6 is 0 Å².